The van der Waals surface area contributed by atoms with Gasteiger partial charge >= 0.3 is 0 Å². The van der Waals surface area contributed by atoms with Crippen LogP contribution in [0.5, 0.6) is 0 Å². The van der Waals surface area contributed by atoms with Gasteiger partial charge in [-0.05, 0) is 49.3 Å². The van der Waals surface area contributed by atoms with E-state index >= 15 is 0 Å². The Hall–Kier alpha value is -1.64. The standard InChI is InChI=1S/C27H43NO2/c1-3-5-7-9-10-12-15-22(14-11-8-6-4-2)23-18-20-24(21-19-23)27(30)28-25-16-13-17-26(25)29/h18-22,25H,3-17H2,1-2H3,(H,28,30)/t22?,25-/m1/s1. The van der Waals surface area contributed by atoms with Crippen molar-refractivity contribution in [3.05, 3.63) is 35.4 Å². The zero-order chi connectivity index (χ0) is 21.6. The molecule has 2 atom stereocenters. The zero-order valence-electron chi connectivity index (χ0n) is 19.4. The molecule has 0 saturated heterocycles. The summed E-state index contributed by atoms with van der Waals surface area (Å²) in [4.78, 5) is 24.3. The van der Waals surface area contributed by atoms with Crippen LogP contribution in [0.25, 0.3) is 0 Å². The van der Waals surface area contributed by atoms with Crippen molar-refractivity contribution in [3.8, 4) is 0 Å². The lowest BCUT2D eigenvalue weighted by atomic mass is 9.87. The van der Waals surface area contributed by atoms with E-state index in [0.717, 1.165) is 12.8 Å². The lowest BCUT2D eigenvalue weighted by Crippen LogP contribution is -2.37. The van der Waals surface area contributed by atoms with E-state index < -0.39 is 0 Å². The maximum Gasteiger partial charge on any atom is 0.251 e. The highest BCUT2D eigenvalue weighted by molar-refractivity contribution is 5.98. The Balaban J connectivity index is 1.89. The lowest BCUT2D eigenvalue weighted by Gasteiger charge is -2.18. The van der Waals surface area contributed by atoms with E-state index in [4.69, 9.17) is 0 Å². The van der Waals surface area contributed by atoms with Gasteiger partial charge in [-0.3, -0.25) is 9.59 Å². The summed E-state index contributed by atoms with van der Waals surface area (Å²) in [6.07, 6.45) is 18.0. The monoisotopic (exact) mass is 413 g/mol. The molecule has 2 rings (SSSR count). The number of nitrogens with one attached hydrogen (secondary N) is 1. The number of ketones is 1. The second-order valence-corrected chi connectivity index (χ2v) is 9.11. The van der Waals surface area contributed by atoms with Crippen LogP contribution in [0.2, 0.25) is 0 Å². The van der Waals surface area contributed by atoms with Gasteiger partial charge in [-0.25, -0.2) is 0 Å². The van der Waals surface area contributed by atoms with Crippen LogP contribution in [0.4, 0.5) is 0 Å². The van der Waals surface area contributed by atoms with Crippen LogP contribution >= 0.6 is 0 Å². The molecule has 168 valence electrons. The molecule has 0 bridgehead atoms. The minimum atomic E-state index is -0.281. The molecule has 1 saturated carbocycles. The summed E-state index contributed by atoms with van der Waals surface area (Å²) in [5, 5.41) is 2.91. The maximum atomic E-state index is 12.5. The molecule has 1 fully saturated rings. The first-order chi connectivity index (χ1) is 14.7. The van der Waals surface area contributed by atoms with Crippen molar-refractivity contribution in [2.45, 2.75) is 122 Å². The van der Waals surface area contributed by atoms with Crippen molar-refractivity contribution in [2.24, 2.45) is 0 Å². The van der Waals surface area contributed by atoms with Crippen LogP contribution in [0.3, 0.4) is 0 Å². The van der Waals surface area contributed by atoms with E-state index in [-0.39, 0.29) is 17.7 Å². The summed E-state index contributed by atoms with van der Waals surface area (Å²) in [7, 11) is 0. The second kappa shape index (κ2) is 14.4. The molecular formula is C27H43NO2. The van der Waals surface area contributed by atoms with Crippen LogP contribution in [0.15, 0.2) is 24.3 Å². The number of hydrogen-bond donors (Lipinski definition) is 1. The van der Waals surface area contributed by atoms with Gasteiger partial charge in [0, 0.05) is 12.0 Å². The van der Waals surface area contributed by atoms with Crippen molar-refractivity contribution < 1.29 is 9.59 Å². The van der Waals surface area contributed by atoms with E-state index in [1.54, 1.807) is 0 Å². The van der Waals surface area contributed by atoms with E-state index in [2.05, 4.69) is 31.3 Å². The van der Waals surface area contributed by atoms with Crippen molar-refractivity contribution >= 4 is 11.7 Å². The molecule has 1 amide bonds. The average Bonchev–Trinajstić information content (AvgIpc) is 3.16. The summed E-state index contributed by atoms with van der Waals surface area (Å²) >= 11 is 0. The molecular weight excluding hydrogens is 370 g/mol. The minimum absolute atomic E-state index is 0.114. The smallest absolute Gasteiger partial charge is 0.251 e. The third kappa shape index (κ3) is 8.62. The first kappa shape index (κ1) is 24.6. The van der Waals surface area contributed by atoms with Gasteiger partial charge in [-0.1, -0.05) is 90.2 Å². The number of amides is 1. The van der Waals surface area contributed by atoms with Gasteiger partial charge in [0.15, 0.2) is 5.78 Å². The Labute approximate surface area is 184 Å². The van der Waals surface area contributed by atoms with E-state index in [9.17, 15) is 9.59 Å². The fourth-order valence-corrected chi connectivity index (χ4v) is 4.58. The average molecular weight is 414 g/mol. The maximum absolute atomic E-state index is 12.5. The molecule has 1 unspecified atom stereocenters. The molecule has 0 radical (unpaired) electrons. The molecule has 1 aromatic rings. The highest BCUT2D eigenvalue weighted by Crippen LogP contribution is 2.29. The fourth-order valence-electron chi connectivity index (χ4n) is 4.58. The fraction of sp³-hybridized carbons (Fsp3) is 0.704. The van der Waals surface area contributed by atoms with E-state index in [0.29, 0.717) is 17.9 Å². The SMILES string of the molecule is CCCCCCCCC(CCCCCC)c1ccc(C(=O)N[C@@H]2CCCC2=O)cc1. The molecule has 1 aromatic carbocycles. The first-order valence-electron chi connectivity index (χ1n) is 12.6. The van der Waals surface area contributed by atoms with Gasteiger partial charge in [-0.15, -0.1) is 0 Å². The molecule has 3 nitrogen and oxygen atoms in total. The van der Waals surface area contributed by atoms with Gasteiger partial charge in [0.2, 0.25) is 0 Å². The van der Waals surface area contributed by atoms with Crippen LogP contribution in [0.1, 0.15) is 132 Å². The van der Waals surface area contributed by atoms with Gasteiger partial charge in [0.05, 0.1) is 6.04 Å². The summed E-state index contributed by atoms with van der Waals surface area (Å²) < 4.78 is 0. The molecule has 1 aliphatic carbocycles. The van der Waals surface area contributed by atoms with Gasteiger partial charge < -0.3 is 5.32 Å². The molecule has 30 heavy (non-hydrogen) atoms. The van der Waals surface area contributed by atoms with Crippen LogP contribution in [-0.2, 0) is 4.79 Å². The quantitative estimate of drug-likeness (QED) is 0.306. The number of unbranched alkanes of at least 4 members (excludes halogenated alkanes) is 8. The number of hydrogen-bond acceptors (Lipinski definition) is 2. The molecule has 1 aliphatic rings. The summed E-state index contributed by atoms with van der Waals surface area (Å²) in [5.41, 5.74) is 2.04. The second-order valence-electron chi connectivity index (χ2n) is 9.11. The van der Waals surface area contributed by atoms with Crippen molar-refractivity contribution in [3.63, 3.8) is 0 Å². The summed E-state index contributed by atoms with van der Waals surface area (Å²) in [5.74, 6) is 0.657. The van der Waals surface area contributed by atoms with Gasteiger partial charge in [0.1, 0.15) is 0 Å². The van der Waals surface area contributed by atoms with E-state index in [1.807, 2.05) is 12.1 Å². The minimum Gasteiger partial charge on any atom is -0.342 e. The topological polar surface area (TPSA) is 46.2 Å². The number of Topliss-reactive ketones (excluding diaryl/α,β-unsaturated/α-hetero) is 1. The highest BCUT2D eigenvalue weighted by atomic mass is 16.2. The first-order valence-corrected chi connectivity index (χ1v) is 12.6. The molecule has 1 N–H and O–H groups in total. The molecule has 0 spiro atoms. The predicted molar refractivity (Wildman–Crippen MR) is 126 cm³/mol. The molecule has 0 aromatic heterocycles. The van der Waals surface area contributed by atoms with Gasteiger partial charge in [0.25, 0.3) is 5.91 Å². The Morgan fingerprint density at radius 3 is 2.03 bits per heavy atom. The Bertz CT molecular complexity index is 622. The molecule has 0 heterocycles. The lowest BCUT2D eigenvalue weighted by molar-refractivity contribution is -0.118. The summed E-state index contributed by atoms with van der Waals surface area (Å²) in [6, 6.07) is 7.91. The predicted octanol–water partition coefficient (Wildman–Crippen LogP) is 7.34. The number of carbonyl (C=O) groups is 2. The molecule has 3 heteroatoms. The number of benzene rings is 1. The Kier molecular flexibility index (Phi) is 11.8. The normalized spacial score (nSPS) is 17.3. The van der Waals surface area contributed by atoms with Crippen molar-refractivity contribution in [1.82, 2.24) is 5.32 Å². The van der Waals surface area contributed by atoms with Crippen LogP contribution in [-0.4, -0.2) is 17.7 Å². The van der Waals surface area contributed by atoms with Crippen molar-refractivity contribution in [1.29, 1.82) is 0 Å². The number of carbonyl (C=O) groups excluding carboxylic acids is 2. The van der Waals surface area contributed by atoms with Crippen molar-refractivity contribution in [2.75, 3.05) is 0 Å². The Morgan fingerprint density at radius 2 is 1.47 bits per heavy atom. The third-order valence-corrected chi connectivity index (χ3v) is 6.57. The third-order valence-electron chi connectivity index (χ3n) is 6.57. The Morgan fingerprint density at radius 1 is 0.900 bits per heavy atom. The highest BCUT2D eigenvalue weighted by Gasteiger charge is 2.26. The van der Waals surface area contributed by atoms with Gasteiger partial charge in [-0.2, -0.15) is 0 Å². The summed E-state index contributed by atoms with van der Waals surface area (Å²) in [6.45, 7) is 4.53. The zero-order valence-corrected chi connectivity index (χ0v) is 19.4. The largest absolute Gasteiger partial charge is 0.342 e. The van der Waals surface area contributed by atoms with E-state index in [1.165, 1.54) is 82.6 Å². The number of rotatable bonds is 15. The molecule has 0 aliphatic heterocycles. The van der Waals surface area contributed by atoms with Crippen LogP contribution in [0, 0.1) is 0 Å². The van der Waals surface area contributed by atoms with Crippen LogP contribution < -0.4 is 5.32 Å².